The Bertz CT molecular complexity index is 884. The Hall–Kier alpha value is -2.74. The minimum absolute atomic E-state index is 0.0192. The molecule has 1 amide bonds. The third-order valence-corrected chi connectivity index (χ3v) is 4.67. The molecule has 6 nitrogen and oxygen atoms in total. The number of amides is 1. The summed E-state index contributed by atoms with van der Waals surface area (Å²) in [4.78, 5) is 19.2. The maximum atomic E-state index is 13.3. The fraction of sp³-hybridized carbons (Fsp3) is 0.429. The van der Waals surface area contributed by atoms with Crippen LogP contribution in [0.3, 0.4) is 0 Å². The molecule has 1 aliphatic heterocycles. The molecule has 1 aliphatic rings. The lowest BCUT2D eigenvalue weighted by Crippen LogP contribution is -2.37. The SMILES string of the molecule is Cc1cc(N2CCOCC2)nc(C(C)C)c1OC(=O)NCc1ccc(F)c(F)c1. The van der Waals surface area contributed by atoms with Gasteiger partial charge in [-0.2, -0.15) is 0 Å². The van der Waals surface area contributed by atoms with Crippen LogP contribution >= 0.6 is 0 Å². The van der Waals surface area contributed by atoms with Crippen LogP contribution in [0.15, 0.2) is 24.3 Å². The van der Waals surface area contributed by atoms with Crippen molar-refractivity contribution in [1.82, 2.24) is 10.3 Å². The van der Waals surface area contributed by atoms with Gasteiger partial charge in [0, 0.05) is 19.6 Å². The maximum absolute atomic E-state index is 13.3. The third kappa shape index (κ3) is 5.20. The minimum atomic E-state index is -0.960. The van der Waals surface area contributed by atoms with Crippen molar-refractivity contribution >= 4 is 11.9 Å². The topological polar surface area (TPSA) is 63.7 Å². The number of nitrogens with zero attached hydrogens (tertiary/aromatic N) is 2. The smallest absolute Gasteiger partial charge is 0.408 e. The molecule has 2 aromatic rings. The van der Waals surface area contributed by atoms with Gasteiger partial charge in [-0.1, -0.05) is 19.9 Å². The maximum Gasteiger partial charge on any atom is 0.412 e. The molecule has 3 rings (SSSR count). The zero-order valence-electron chi connectivity index (χ0n) is 16.8. The Balaban J connectivity index is 1.73. The van der Waals surface area contributed by atoms with Crippen molar-refractivity contribution in [3.63, 3.8) is 0 Å². The molecule has 0 aliphatic carbocycles. The highest BCUT2D eigenvalue weighted by molar-refractivity contribution is 5.71. The fourth-order valence-corrected chi connectivity index (χ4v) is 3.10. The van der Waals surface area contributed by atoms with Crippen molar-refractivity contribution < 1.29 is 23.0 Å². The molecule has 0 unspecified atom stereocenters. The minimum Gasteiger partial charge on any atom is -0.408 e. The van der Waals surface area contributed by atoms with Crippen molar-refractivity contribution in [3.8, 4) is 5.75 Å². The molecular formula is C21H25F2N3O3. The van der Waals surface area contributed by atoms with Crippen LogP contribution in [-0.4, -0.2) is 37.4 Å². The molecule has 0 saturated carbocycles. The number of anilines is 1. The van der Waals surface area contributed by atoms with Crippen LogP contribution in [-0.2, 0) is 11.3 Å². The summed E-state index contributed by atoms with van der Waals surface area (Å²) in [5.41, 5.74) is 1.92. The van der Waals surface area contributed by atoms with E-state index >= 15 is 0 Å². The number of pyridine rings is 1. The van der Waals surface area contributed by atoms with E-state index in [0.717, 1.165) is 36.6 Å². The molecule has 2 heterocycles. The molecule has 1 aromatic carbocycles. The number of aromatic nitrogens is 1. The Morgan fingerprint density at radius 1 is 1.24 bits per heavy atom. The van der Waals surface area contributed by atoms with Crippen LogP contribution < -0.4 is 15.0 Å². The van der Waals surface area contributed by atoms with E-state index in [1.807, 2.05) is 26.8 Å². The van der Waals surface area contributed by atoms with Crippen molar-refractivity contribution in [2.75, 3.05) is 31.2 Å². The number of carbonyl (C=O) groups excluding carboxylic acids is 1. The van der Waals surface area contributed by atoms with E-state index in [9.17, 15) is 13.6 Å². The van der Waals surface area contributed by atoms with E-state index < -0.39 is 17.7 Å². The molecule has 0 spiro atoms. The molecule has 1 N–H and O–H groups in total. The summed E-state index contributed by atoms with van der Waals surface area (Å²) in [7, 11) is 0. The van der Waals surface area contributed by atoms with Gasteiger partial charge in [0.2, 0.25) is 0 Å². The summed E-state index contributed by atoms with van der Waals surface area (Å²) in [5.74, 6) is -0.592. The predicted octanol–water partition coefficient (Wildman–Crippen LogP) is 3.92. The van der Waals surface area contributed by atoms with Gasteiger partial charge in [0.25, 0.3) is 0 Å². The molecule has 0 bridgehead atoms. The monoisotopic (exact) mass is 405 g/mol. The number of hydrogen-bond donors (Lipinski definition) is 1. The van der Waals surface area contributed by atoms with Crippen LogP contribution in [0.4, 0.5) is 19.4 Å². The molecule has 0 radical (unpaired) electrons. The zero-order chi connectivity index (χ0) is 21.0. The first-order valence-electron chi connectivity index (χ1n) is 9.59. The van der Waals surface area contributed by atoms with E-state index in [1.54, 1.807) is 0 Å². The molecule has 1 aromatic heterocycles. The van der Waals surface area contributed by atoms with Crippen molar-refractivity contribution in [3.05, 3.63) is 52.7 Å². The van der Waals surface area contributed by atoms with Gasteiger partial charge in [0.1, 0.15) is 5.82 Å². The van der Waals surface area contributed by atoms with Gasteiger partial charge < -0.3 is 19.7 Å². The number of ether oxygens (including phenoxy) is 2. The first-order valence-corrected chi connectivity index (χ1v) is 9.59. The second kappa shape index (κ2) is 9.17. The van der Waals surface area contributed by atoms with Crippen LogP contribution in [0.2, 0.25) is 0 Å². The predicted molar refractivity (Wildman–Crippen MR) is 105 cm³/mol. The summed E-state index contributed by atoms with van der Waals surface area (Å²) >= 11 is 0. The average molecular weight is 405 g/mol. The quantitative estimate of drug-likeness (QED) is 0.817. The highest BCUT2D eigenvalue weighted by atomic mass is 19.2. The molecule has 0 atom stereocenters. The number of halogens is 2. The summed E-state index contributed by atoms with van der Waals surface area (Å²) < 4.78 is 37.2. The lowest BCUT2D eigenvalue weighted by molar-refractivity contribution is 0.122. The first-order chi connectivity index (χ1) is 13.8. The molecule has 8 heteroatoms. The first kappa shape index (κ1) is 21.0. The van der Waals surface area contributed by atoms with Crippen LogP contribution in [0.25, 0.3) is 0 Å². The standard InChI is InChI=1S/C21H25F2N3O3/c1-13(2)19-20(14(3)10-18(25-19)26-6-8-28-9-7-26)29-21(27)24-12-15-4-5-16(22)17(23)11-15/h4-5,10-11,13H,6-9,12H2,1-3H3,(H,24,27). The van der Waals surface area contributed by atoms with Crippen molar-refractivity contribution in [1.29, 1.82) is 0 Å². The van der Waals surface area contributed by atoms with E-state index in [1.165, 1.54) is 6.07 Å². The molecule has 1 saturated heterocycles. The number of aryl methyl sites for hydroxylation is 1. The summed E-state index contributed by atoms with van der Waals surface area (Å²) in [6.45, 7) is 8.69. The van der Waals surface area contributed by atoms with E-state index in [-0.39, 0.29) is 12.5 Å². The van der Waals surface area contributed by atoms with E-state index in [2.05, 4.69) is 10.2 Å². The normalized spacial score (nSPS) is 14.2. The van der Waals surface area contributed by atoms with Gasteiger partial charge in [0.15, 0.2) is 17.4 Å². The zero-order valence-corrected chi connectivity index (χ0v) is 16.8. The van der Waals surface area contributed by atoms with Gasteiger partial charge in [-0.15, -0.1) is 0 Å². The second-order valence-corrected chi connectivity index (χ2v) is 7.26. The van der Waals surface area contributed by atoms with Gasteiger partial charge in [-0.05, 0) is 42.2 Å². The largest absolute Gasteiger partial charge is 0.412 e. The van der Waals surface area contributed by atoms with Gasteiger partial charge in [-0.25, -0.2) is 18.6 Å². The molecular weight excluding hydrogens is 380 g/mol. The molecule has 156 valence electrons. The number of rotatable bonds is 5. The highest BCUT2D eigenvalue weighted by Gasteiger charge is 2.21. The lowest BCUT2D eigenvalue weighted by Gasteiger charge is -2.29. The molecule has 29 heavy (non-hydrogen) atoms. The second-order valence-electron chi connectivity index (χ2n) is 7.26. The van der Waals surface area contributed by atoms with Crippen LogP contribution in [0.1, 0.15) is 36.6 Å². The molecule has 1 fully saturated rings. The van der Waals surface area contributed by atoms with Crippen molar-refractivity contribution in [2.45, 2.75) is 33.2 Å². The third-order valence-electron chi connectivity index (χ3n) is 4.67. The Labute approximate surface area is 168 Å². The van der Waals surface area contributed by atoms with Gasteiger partial charge >= 0.3 is 6.09 Å². The Morgan fingerprint density at radius 2 is 1.97 bits per heavy atom. The Morgan fingerprint density at radius 3 is 2.62 bits per heavy atom. The van der Waals surface area contributed by atoms with Gasteiger partial charge in [0.05, 0.1) is 18.9 Å². The summed E-state index contributed by atoms with van der Waals surface area (Å²) in [6.07, 6.45) is -0.680. The fourth-order valence-electron chi connectivity index (χ4n) is 3.10. The van der Waals surface area contributed by atoms with Crippen molar-refractivity contribution in [2.24, 2.45) is 0 Å². The van der Waals surface area contributed by atoms with E-state index in [4.69, 9.17) is 14.5 Å². The highest BCUT2D eigenvalue weighted by Crippen LogP contribution is 2.32. The van der Waals surface area contributed by atoms with Crippen LogP contribution in [0.5, 0.6) is 5.75 Å². The number of benzene rings is 1. The summed E-state index contributed by atoms with van der Waals surface area (Å²) in [6, 6.07) is 5.36. The van der Waals surface area contributed by atoms with E-state index in [0.29, 0.717) is 30.2 Å². The van der Waals surface area contributed by atoms with Crippen LogP contribution in [0, 0.1) is 18.6 Å². The Kier molecular flexibility index (Phi) is 6.64. The number of carbonyl (C=O) groups is 1. The van der Waals surface area contributed by atoms with Gasteiger partial charge in [-0.3, -0.25) is 0 Å². The lowest BCUT2D eigenvalue weighted by atomic mass is 10.1. The number of nitrogens with one attached hydrogen (secondary N) is 1. The average Bonchev–Trinajstić information content (AvgIpc) is 2.70. The number of morpholine rings is 1. The summed E-state index contributed by atoms with van der Waals surface area (Å²) in [5, 5.41) is 2.56. The number of hydrogen-bond acceptors (Lipinski definition) is 5.